The summed E-state index contributed by atoms with van der Waals surface area (Å²) in [6, 6.07) is 0. The topological polar surface area (TPSA) is 24.1 Å². The Kier molecular flexibility index (Phi) is 4.60. The lowest BCUT2D eigenvalue weighted by molar-refractivity contribution is 0.534. The Morgan fingerprint density at radius 2 is 1.14 bits per heavy atom. The largest absolute Gasteiger partial charge is 2.00 e. The van der Waals surface area contributed by atoms with Crippen LogP contribution in [0.5, 0.6) is 0 Å². The molecule has 0 spiro atoms. The van der Waals surface area contributed by atoms with Gasteiger partial charge in [0.1, 0.15) is 0 Å². The zero-order valence-electron chi connectivity index (χ0n) is 6.24. The number of nitrogens with one attached hydrogen (secondary N) is 2. The first-order valence-electron chi connectivity index (χ1n) is 2.41. The third-order valence-corrected chi connectivity index (χ3v) is 0.957. The van der Waals surface area contributed by atoms with E-state index in [1.807, 2.05) is 0 Å². The molecule has 0 aromatic heterocycles. The fourth-order valence-electron chi connectivity index (χ4n) is 0.604. The summed E-state index contributed by atoms with van der Waals surface area (Å²) in [6.07, 6.45) is 0. The summed E-state index contributed by atoms with van der Waals surface area (Å²) >= 11 is 0. The third-order valence-electron chi connectivity index (χ3n) is 0.957. The van der Waals surface area contributed by atoms with Crippen LogP contribution < -0.4 is 10.6 Å². The zero-order valence-corrected chi connectivity index (χ0v) is 5.05. The molecule has 0 saturated carbocycles. The first-order chi connectivity index (χ1) is 3.00. The molecule has 3 heteroatoms. The maximum atomic E-state index is 3.22. The van der Waals surface area contributed by atoms with Crippen LogP contribution >= 0.6 is 0 Å². The Bertz CT molecular complexity index is 32.0. The molecule has 1 heterocycles. The summed E-state index contributed by atoms with van der Waals surface area (Å²) in [5.41, 5.74) is 0. The van der Waals surface area contributed by atoms with E-state index < -0.39 is 0 Å². The maximum absolute atomic E-state index is 3.22. The van der Waals surface area contributed by atoms with Gasteiger partial charge in [-0.3, -0.25) is 0 Å². The van der Waals surface area contributed by atoms with Crippen molar-refractivity contribution in [2.45, 2.75) is 0 Å². The lowest BCUT2D eigenvalue weighted by Gasteiger charge is -2.11. The standard InChI is InChI=1S/C4H10N2.S/c1-2-6-4-3-5-1;/h5-6H,1-4H2;/q;-2/p+2. The molecule has 0 radical (unpaired) electrons. The van der Waals surface area contributed by atoms with Crippen molar-refractivity contribution < 1.29 is 2.85 Å². The highest BCUT2D eigenvalue weighted by atomic mass is 32.1. The Labute approximate surface area is 54.1 Å². The molecule has 2 nitrogen and oxygen atoms in total. The van der Waals surface area contributed by atoms with Crippen molar-refractivity contribution in [3.8, 4) is 0 Å². The van der Waals surface area contributed by atoms with Gasteiger partial charge in [-0.15, -0.1) is 0 Å². The van der Waals surface area contributed by atoms with Crippen LogP contribution in [0.2, 0.25) is 0 Å². The van der Waals surface area contributed by atoms with Crippen molar-refractivity contribution in [3.05, 3.63) is 0 Å². The maximum Gasteiger partial charge on any atom is 1.00 e. The average molecular weight is 120 g/mol. The Morgan fingerprint density at radius 1 is 0.857 bits per heavy atom. The van der Waals surface area contributed by atoms with E-state index >= 15 is 0 Å². The van der Waals surface area contributed by atoms with Gasteiger partial charge in [0, 0.05) is 26.2 Å². The normalized spacial score (nSPS) is 20.6. The Morgan fingerprint density at radius 3 is 1.29 bits per heavy atom. The number of rotatable bonds is 0. The molecule has 0 unspecified atom stereocenters. The van der Waals surface area contributed by atoms with E-state index in [1.54, 1.807) is 0 Å². The Balaban J connectivity index is -0.000000120. The molecular formula is C4H12N2S. The summed E-state index contributed by atoms with van der Waals surface area (Å²) in [6.45, 7) is 4.56. The quantitative estimate of drug-likeness (QED) is 0.446. The van der Waals surface area contributed by atoms with Crippen LogP contribution in [-0.2, 0) is 13.5 Å². The molecule has 7 heavy (non-hydrogen) atoms. The minimum atomic E-state index is 0. The van der Waals surface area contributed by atoms with Crippen LogP contribution in [0.1, 0.15) is 2.85 Å². The molecule has 0 aliphatic carbocycles. The highest BCUT2D eigenvalue weighted by Gasteiger charge is 1.91. The molecule has 44 valence electrons. The summed E-state index contributed by atoms with van der Waals surface area (Å²) in [5.74, 6) is 0. The van der Waals surface area contributed by atoms with E-state index in [-0.39, 0.29) is 16.3 Å². The van der Waals surface area contributed by atoms with E-state index in [2.05, 4.69) is 10.6 Å². The predicted molar refractivity (Wildman–Crippen MR) is 35.3 cm³/mol. The van der Waals surface area contributed by atoms with Crippen LogP contribution in [-0.4, -0.2) is 26.2 Å². The van der Waals surface area contributed by atoms with Crippen LogP contribution in [0.3, 0.4) is 0 Å². The van der Waals surface area contributed by atoms with Crippen molar-refractivity contribution in [1.29, 1.82) is 0 Å². The SMILES string of the molecule is C1CNCCN1.[H+].[H+].[S-2]. The van der Waals surface area contributed by atoms with Gasteiger partial charge in [0.05, 0.1) is 0 Å². The van der Waals surface area contributed by atoms with Crippen molar-refractivity contribution in [3.63, 3.8) is 0 Å². The van der Waals surface area contributed by atoms with Gasteiger partial charge in [0.15, 0.2) is 0 Å². The van der Waals surface area contributed by atoms with Gasteiger partial charge in [0.2, 0.25) is 0 Å². The van der Waals surface area contributed by atoms with Gasteiger partial charge in [0.25, 0.3) is 0 Å². The van der Waals surface area contributed by atoms with Gasteiger partial charge < -0.3 is 24.1 Å². The monoisotopic (exact) mass is 120 g/mol. The fourth-order valence-corrected chi connectivity index (χ4v) is 0.604. The molecule has 0 atom stereocenters. The molecule has 1 rings (SSSR count). The first kappa shape index (κ1) is 7.27. The molecule has 1 aliphatic rings. The van der Waals surface area contributed by atoms with E-state index in [9.17, 15) is 0 Å². The van der Waals surface area contributed by atoms with E-state index in [0.717, 1.165) is 26.2 Å². The van der Waals surface area contributed by atoms with Crippen LogP contribution in [0.15, 0.2) is 0 Å². The smallest absolute Gasteiger partial charge is 1.00 e. The number of piperazine rings is 1. The van der Waals surface area contributed by atoms with Crippen molar-refractivity contribution in [1.82, 2.24) is 10.6 Å². The lowest BCUT2D eigenvalue weighted by Crippen LogP contribution is -2.39. The summed E-state index contributed by atoms with van der Waals surface area (Å²) in [4.78, 5) is 0. The summed E-state index contributed by atoms with van der Waals surface area (Å²) in [5, 5.41) is 6.44. The highest BCUT2D eigenvalue weighted by Crippen LogP contribution is 1.65. The predicted octanol–water partition coefficient (Wildman–Crippen LogP) is -0.598. The minimum Gasteiger partial charge on any atom is -2.00 e. The first-order valence-corrected chi connectivity index (χ1v) is 2.41. The van der Waals surface area contributed by atoms with E-state index in [0.29, 0.717) is 0 Å². The number of hydrogen-bond acceptors (Lipinski definition) is 2. The molecule has 2 N–H and O–H groups in total. The Hall–Kier alpha value is 0.270. The molecule has 0 aromatic rings. The third kappa shape index (κ3) is 2.91. The van der Waals surface area contributed by atoms with E-state index in [4.69, 9.17) is 0 Å². The second-order valence-electron chi connectivity index (χ2n) is 1.50. The molecular weight excluding hydrogens is 108 g/mol. The van der Waals surface area contributed by atoms with Gasteiger partial charge >= 0.3 is 2.85 Å². The fraction of sp³-hybridized carbons (Fsp3) is 1.00. The summed E-state index contributed by atoms with van der Waals surface area (Å²) < 4.78 is 0. The van der Waals surface area contributed by atoms with Crippen LogP contribution in [0.25, 0.3) is 0 Å². The summed E-state index contributed by atoms with van der Waals surface area (Å²) in [7, 11) is 0. The van der Waals surface area contributed by atoms with Crippen molar-refractivity contribution in [2.75, 3.05) is 26.2 Å². The molecule has 1 saturated heterocycles. The van der Waals surface area contributed by atoms with Crippen molar-refractivity contribution >= 4 is 13.5 Å². The van der Waals surface area contributed by atoms with Crippen LogP contribution in [0.4, 0.5) is 0 Å². The molecule has 0 amide bonds. The lowest BCUT2D eigenvalue weighted by atomic mass is 10.4. The average Bonchev–Trinajstić information content (AvgIpc) is 1.72. The van der Waals surface area contributed by atoms with Gasteiger partial charge in [-0.05, 0) is 0 Å². The number of hydrogen-bond donors (Lipinski definition) is 2. The molecule has 0 bridgehead atoms. The second-order valence-corrected chi connectivity index (χ2v) is 1.50. The molecule has 1 fully saturated rings. The zero-order chi connectivity index (χ0) is 4.24. The van der Waals surface area contributed by atoms with E-state index in [1.165, 1.54) is 0 Å². The highest BCUT2D eigenvalue weighted by molar-refractivity contribution is 7.37. The van der Waals surface area contributed by atoms with Gasteiger partial charge in [-0.2, -0.15) is 0 Å². The molecule has 0 aromatic carbocycles. The second kappa shape index (κ2) is 4.43. The minimum absolute atomic E-state index is 0. The van der Waals surface area contributed by atoms with Gasteiger partial charge in [-0.1, -0.05) is 0 Å². The van der Waals surface area contributed by atoms with Crippen molar-refractivity contribution in [2.24, 2.45) is 0 Å². The molecule has 1 aliphatic heterocycles. The van der Waals surface area contributed by atoms with Crippen LogP contribution in [0, 0.1) is 0 Å². The van der Waals surface area contributed by atoms with Gasteiger partial charge in [-0.25, -0.2) is 0 Å².